The van der Waals surface area contributed by atoms with Crippen molar-refractivity contribution in [2.75, 3.05) is 15.8 Å². The van der Waals surface area contributed by atoms with E-state index in [1.165, 1.54) is 23.1 Å². The summed E-state index contributed by atoms with van der Waals surface area (Å²) >= 11 is 2.56. The molecule has 27 heavy (non-hydrogen) atoms. The first-order valence-corrected chi connectivity index (χ1v) is 11.4. The van der Waals surface area contributed by atoms with Crippen LogP contribution in [-0.2, 0) is 14.8 Å². The molecule has 0 spiro atoms. The zero-order valence-corrected chi connectivity index (χ0v) is 17.0. The number of nitrogens with one attached hydrogen (secondary N) is 2. The van der Waals surface area contributed by atoms with Gasteiger partial charge in [-0.15, -0.1) is 23.1 Å². The first-order valence-electron chi connectivity index (χ1n) is 8.08. The maximum atomic E-state index is 12.2. The summed E-state index contributed by atoms with van der Waals surface area (Å²) in [6.07, 6.45) is 0. The highest BCUT2D eigenvalue weighted by Gasteiger charge is 2.15. The number of rotatable bonds is 7. The van der Waals surface area contributed by atoms with Gasteiger partial charge in [-0.2, -0.15) is 0 Å². The number of aryl methyl sites for hydroxylation is 1. The van der Waals surface area contributed by atoms with Gasteiger partial charge in [0.15, 0.2) is 0 Å². The molecule has 2 N–H and O–H groups in total. The molecule has 140 valence electrons. The zero-order valence-electron chi connectivity index (χ0n) is 14.5. The van der Waals surface area contributed by atoms with Crippen LogP contribution < -0.4 is 10.0 Å². The fourth-order valence-electron chi connectivity index (χ4n) is 2.31. The second-order valence-corrected chi connectivity index (χ2v) is 9.67. The third-order valence-electron chi connectivity index (χ3n) is 3.54. The lowest BCUT2D eigenvalue weighted by Crippen LogP contribution is -2.14. The predicted octanol–water partition coefficient (Wildman–Crippen LogP) is 4.59. The first-order chi connectivity index (χ1) is 12.9. The molecule has 1 heterocycles. The number of hydrogen-bond donors (Lipinski definition) is 2. The molecule has 5 nitrogen and oxygen atoms in total. The summed E-state index contributed by atoms with van der Waals surface area (Å²) in [4.78, 5) is 12.9. The number of thioether (sulfide) groups is 1. The highest BCUT2D eigenvalue weighted by molar-refractivity contribution is 8.00. The van der Waals surface area contributed by atoms with E-state index in [2.05, 4.69) is 10.0 Å². The fourth-order valence-corrected chi connectivity index (χ4v) is 5.06. The van der Waals surface area contributed by atoms with E-state index in [1.54, 1.807) is 41.8 Å². The van der Waals surface area contributed by atoms with Gasteiger partial charge >= 0.3 is 0 Å². The normalized spacial score (nSPS) is 11.1. The van der Waals surface area contributed by atoms with Crippen LogP contribution in [0.25, 0.3) is 0 Å². The molecule has 3 aromatic rings. The lowest BCUT2D eigenvalue weighted by Gasteiger charge is -2.08. The van der Waals surface area contributed by atoms with Crippen molar-refractivity contribution < 1.29 is 13.2 Å². The molecule has 0 aliphatic carbocycles. The second-order valence-electron chi connectivity index (χ2n) is 5.77. The minimum Gasteiger partial charge on any atom is -0.325 e. The number of sulfonamides is 1. The van der Waals surface area contributed by atoms with Gasteiger partial charge in [0.25, 0.3) is 10.0 Å². The molecule has 0 saturated carbocycles. The van der Waals surface area contributed by atoms with E-state index in [4.69, 9.17) is 0 Å². The van der Waals surface area contributed by atoms with Crippen molar-refractivity contribution in [3.63, 3.8) is 0 Å². The van der Waals surface area contributed by atoms with Gasteiger partial charge < -0.3 is 5.32 Å². The number of hydrogen-bond acceptors (Lipinski definition) is 5. The molecule has 0 aliphatic heterocycles. The summed E-state index contributed by atoms with van der Waals surface area (Å²) in [5.74, 6) is 0.182. The number of carbonyl (C=O) groups excluding carboxylic acids is 1. The molecular formula is C19H18N2O3S3. The van der Waals surface area contributed by atoms with Crippen LogP contribution in [0.4, 0.5) is 11.4 Å². The average Bonchev–Trinajstić information content (AvgIpc) is 3.17. The molecular weight excluding hydrogens is 400 g/mol. The molecule has 0 bridgehead atoms. The Hall–Kier alpha value is -2.29. The molecule has 0 unspecified atom stereocenters. The van der Waals surface area contributed by atoms with Crippen molar-refractivity contribution in [3.8, 4) is 0 Å². The Balaban J connectivity index is 1.54. The van der Waals surface area contributed by atoms with E-state index < -0.39 is 10.0 Å². The van der Waals surface area contributed by atoms with Gasteiger partial charge in [-0.05, 0) is 60.3 Å². The molecule has 0 fully saturated rings. The van der Waals surface area contributed by atoms with Crippen LogP contribution in [-0.4, -0.2) is 20.1 Å². The van der Waals surface area contributed by atoms with Gasteiger partial charge in [0.2, 0.25) is 5.91 Å². The largest absolute Gasteiger partial charge is 0.325 e. The molecule has 1 amide bonds. The lowest BCUT2D eigenvalue weighted by atomic mass is 10.2. The van der Waals surface area contributed by atoms with E-state index in [9.17, 15) is 13.2 Å². The summed E-state index contributed by atoms with van der Waals surface area (Å²) < 4.78 is 27.2. The Labute approximate surface area is 166 Å². The summed E-state index contributed by atoms with van der Waals surface area (Å²) in [6, 6.07) is 17.8. The van der Waals surface area contributed by atoms with E-state index in [1.807, 2.05) is 31.2 Å². The number of thiophene rings is 1. The molecule has 8 heteroatoms. The summed E-state index contributed by atoms with van der Waals surface area (Å²) in [7, 11) is -3.55. The molecule has 2 aromatic carbocycles. The average molecular weight is 419 g/mol. The lowest BCUT2D eigenvalue weighted by molar-refractivity contribution is -0.113. The van der Waals surface area contributed by atoms with Gasteiger partial charge in [-0.3, -0.25) is 9.52 Å². The molecule has 1 aromatic heterocycles. The summed E-state index contributed by atoms with van der Waals surface area (Å²) in [6.45, 7) is 1.97. The Morgan fingerprint density at radius 1 is 1.04 bits per heavy atom. The highest BCUT2D eigenvalue weighted by Crippen LogP contribution is 2.24. The van der Waals surface area contributed by atoms with Crippen molar-refractivity contribution in [2.45, 2.75) is 16.0 Å². The SMILES string of the molecule is Cc1cccc(NC(=O)CSc2ccc(NS(=O)(=O)c3cccs3)cc2)c1. The number of anilines is 2. The van der Waals surface area contributed by atoms with Crippen LogP contribution in [0.3, 0.4) is 0 Å². The number of carbonyl (C=O) groups is 1. The second kappa shape index (κ2) is 8.60. The van der Waals surface area contributed by atoms with Crippen molar-refractivity contribution >= 4 is 50.4 Å². The Morgan fingerprint density at radius 3 is 2.48 bits per heavy atom. The van der Waals surface area contributed by atoms with Gasteiger partial charge in [-0.1, -0.05) is 18.2 Å². The Bertz CT molecular complexity index is 1010. The monoisotopic (exact) mass is 418 g/mol. The molecule has 0 atom stereocenters. The topological polar surface area (TPSA) is 75.3 Å². The van der Waals surface area contributed by atoms with Crippen LogP contribution in [0.2, 0.25) is 0 Å². The maximum absolute atomic E-state index is 12.2. The standard InChI is InChI=1S/C19H18N2O3S3/c1-14-4-2-5-16(12-14)20-18(22)13-26-17-9-7-15(8-10-17)21-27(23,24)19-6-3-11-25-19/h2-12,21H,13H2,1H3,(H,20,22). The quantitative estimate of drug-likeness (QED) is 0.551. The minimum absolute atomic E-state index is 0.0897. The third-order valence-corrected chi connectivity index (χ3v) is 7.33. The fraction of sp³-hybridized carbons (Fsp3) is 0.105. The van der Waals surface area contributed by atoms with Crippen LogP contribution in [0, 0.1) is 6.92 Å². The molecule has 0 saturated heterocycles. The Morgan fingerprint density at radius 2 is 1.81 bits per heavy atom. The van der Waals surface area contributed by atoms with Crippen LogP contribution in [0.1, 0.15) is 5.56 Å². The van der Waals surface area contributed by atoms with E-state index in [-0.39, 0.29) is 15.9 Å². The molecule has 0 aliphatic rings. The van der Waals surface area contributed by atoms with Gasteiger partial charge in [0.1, 0.15) is 4.21 Å². The van der Waals surface area contributed by atoms with Crippen molar-refractivity contribution in [2.24, 2.45) is 0 Å². The smallest absolute Gasteiger partial charge is 0.271 e. The van der Waals surface area contributed by atoms with Crippen LogP contribution in [0.15, 0.2) is 75.1 Å². The highest BCUT2D eigenvalue weighted by atomic mass is 32.2. The predicted molar refractivity (Wildman–Crippen MR) is 112 cm³/mol. The van der Waals surface area contributed by atoms with Gasteiger partial charge in [0.05, 0.1) is 5.75 Å². The number of amides is 1. The van der Waals surface area contributed by atoms with Crippen molar-refractivity contribution in [3.05, 3.63) is 71.6 Å². The minimum atomic E-state index is -3.55. The van der Waals surface area contributed by atoms with Gasteiger partial charge in [-0.25, -0.2) is 8.42 Å². The van der Waals surface area contributed by atoms with Crippen LogP contribution in [0.5, 0.6) is 0 Å². The number of benzene rings is 2. The van der Waals surface area contributed by atoms with Gasteiger partial charge in [0, 0.05) is 16.3 Å². The van der Waals surface area contributed by atoms with E-state index in [0.717, 1.165) is 16.1 Å². The van der Waals surface area contributed by atoms with E-state index >= 15 is 0 Å². The van der Waals surface area contributed by atoms with E-state index in [0.29, 0.717) is 5.69 Å². The first kappa shape index (κ1) is 19.5. The summed E-state index contributed by atoms with van der Waals surface area (Å²) in [5, 5.41) is 4.58. The molecule has 0 radical (unpaired) electrons. The van der Waals surface area contributed by atoms with Crippen molar-refractivity contribution in [1.82, 2.24) is 0 Å². The Kier molecular flexibility index (Phi) is 6.20. The third kappa shape index (κ3) is 5.59. The molecule has 3 rings (SSSR count). The van der Waals surface area contributed by atoms with Crippen LogP contribution >= 0.6 is 23.1 Å². The zero-order chi connectivity index (χ0) is 19.3. The summed E-state index contributed by atoms with van der Waals surface area (Å²) in [5.41, 5.74) is 2.34. The van der Waals surface area contributed by atoms with Crippen molar-refractivity contribution in [1.29, 1.82) is 0 Å². The maximum Gasteiger partial charge on any atom is 0.271 e.